The molecule has 1 aliphatic rings. The van der Waals surface area contributed by atoms with E-state index in [-0.39, 0.29) is 5.56 Å². The zero-order chi connectivity index (χ0) is 14.8. The van der Waals surface area contributed by atoms with Gasteiger partial charge in [-0.1, -0.05) is 37.5 Å². The van der Waals surface area contributed by atoms with Gasteiger partial charge in [0.15, 0.2) is 0 Å². The van der Waals surface area contributed by atoms with Gasteiger partial charge in [-0.15, -0.1) is 0 Å². The van der Waals surface area contributed by atoms with Crippen LogP contribution in [0.4, 0.5) is 0 Å². The SMILES string of the molecule is CCc1nn2c(=O)cc(CN(C)C3CCCCC3)nc2s1. The predicted octanol–water partition coefficient (Wildman–Crippen LogP) is 2.48. The van der Waals surface area contributed by atoms with Crippen LogP contribution in [0, 0.1) is 0 Å². The number of aryl methyl sites for hydroxylation is 1. The first kappa shape index (κ1) is 14.7. The van der Waals surface area contributed by atoms with E-state index < -0.39 is 0 Å². The molecule has 0 aliphatic heterocycles. The molecule has 5 nitrogen and oxygen atoms in total. The Balaban J connectivity index is 1.81. The number of fused-ring (bicyclic) bond motifs is 1. The first-order valence-corrected chi connectivity index (χ1v) is 8.58. The first-order valence-electron chi connectivity index (χ1n) is 7.76. The van der Waals surface area contributed by atoms with Gasteiger partial charge in [0.1, 0.15) is 5.01 Å². The van der Waals surface area contributed by atoms with Gasteiger partial charge < -0.3 is 0 Å². The number of aromatic nitrogens is 3. The molecule has 1 fully saturated rings. The summed E-state index contributed by atoms with van der Waals surface area (Å²) in [6, 6.07) is 2.26. The third-order valence-corrected chi connectivity index (χ3v) is 5.30. The Morgan fingerprint density at radius 2 is 2.14 bits per heavy atom. The van der Waals surface area contributed by atoms with Crippen LogP contribution in [0.5, 0.6) is 0 Å². The van der Waals surface area contributed by atoms with E-state index in [0.29, 0.717) is 11.0 Å². The van der Waals surface area contributed by atoms with E-state index in [1.54, 1.807) is 6.07 Å². The Hall–Kier alpha value is -1.27. The van der Waals surface area contributed by atoms with Crippen molar-refractivity contribution < 1.29 is 0 Å². The molecule has 0 spiro atoms. The van der Waals surface area contributed by atoms with Crippen LogP contribution in [0.15, 0.2) is 10.9 Å². The Labute approximate surface area is 128 Å². The van der Waals surface area contributed by atoms with Gasteiger partial charge in [0.25, 0.3) is 5.56 Å². The Morgan fingerprint density at radius 1 is 1.38 bits per heavy atom. The van der Waals surface area contributed by atoms with Crippen molar-refractivity contribution in [3.8, 4) is 0 Å². The summed E-state index contributed by atoms with van der Waals surface area (Å²) in [7, 11) is 2.14. The van der Waals surface area contributed by atoms with Crippen molar-refractivity contribution >= 4 is 16.3 Å². The van der Waals surface area contributed by atoms with E-state index in [1.807, 2.05) is 6.92 Å². The molecule has 2 aromatic rings. The summed E-state index contributed by atoms with van der Waals surface area (Å²) in [5.74, 6) is 0. The molecule has 114 valence electrons. The summed E-state index contributed by atoms with van der Waals surface area (Å²) < 4.78 is 1.42. The fraction of sp³-hybridized carbons (Fsp3) is 0.667. The highest BCUT2D eigenvalue weighted by Gasteiger charge is 2.19. The fourth-order valence-electron chi connectivity index (χ4n) is 3.03. The normalized spacial score (nSPS) is 16.9. The molecular formula is C15H22N4OS. The number of rotatable bonds is 4. The maximum Gasteiger partial charge on any atom is 0.275 e. The third-order valence-electron chi connectivity index (χ3n) is 4.25. The van der Waals surface area contributed by atoms with E-state index in [1.165, 1.54) is 48.0 Å². The minimum Gasteiger partial charge on any atom is -0.298 e. The molecule has 1 saturated carbocycles. The monoisotopic (exact) mass is 306 g/mol. The molecule has 1 aliphatic carbocycles. The van der Waals surface area contributed by atoms with Crippen LogP contribution in [0.25, 0.3) is 4.96 Å². The van der Waals surface area contributed by atoms with Gasteiger partial charge in [-0.3, -0.25) is 9.69 Å². The lowest BCUT2D eigenvalue weighted by Crippen LogP contribution is -2.33. The fourth-order valence-corrected chi connectivity index (χ4v) is 3.88. The van der Waals surface area contributed by atoms with Crippen LogP contribution in [0.2, 0.25) is 0 Å². The predicted molar refractivity (Wildman–Crippen MR) is 84.9 cm³/mol. The second-order valence-electron chi connectivity index (χ2n) is 5.84. The first-order chi connectivity index (χ1) is 10.2. The summed E-state index contributed by atoms with van der Waals surface area (Å²) in [6.45, 7) is 2.79. The lowest BCUT2D eigenvalue weighted by molar-refractivity contribution is 0.183. The molecule has 0 aromatic carbocycles. The zero-order valence-corrected chi connectivity index (χ0v) is 13.5. The van der Waals surface area contributed by atoms with Gasteiger partial charge in [-0.05, 0) is 26.3 Å². The second kappa shape index (κ2) is 6.23. The van der Waals surface area contributed by atoms with Crippen molar-refractivity contribution in [1.29, 1.82) is 0 Å². The maximum atomic E-state index is 12.1. The lowest BCUT2D eigenvalue weighted by Gasteiger charge is -2.30. The van der Waals surface area contributed by atoms with Gasteiger partial charge >= 0.3 is 0 Å². The molecule has 2 aromatic heterocycles. The van der Waals surface area contributed by atoms with Crippen LogP contribution in [-0.4, -0.2) is 32.6 Å². The van der Waals surface area contributed by atoms with Gasteiger partial charge in [0.2, 0.25) is 4.96 Å². The van der Waals surface area contributed by atoms with Crippen molar-refractivity contribution in [1.82, 2.24) is 19.5 Å². The Kier molecular flexibility index (Phi) is 4.35. The van der Waals surface area contributed by atoms with Gasteiger partial charge in [0.05, 0.1) is 5.69 Å². The van der Waals surface area contributed by atoms with Crippen molar-refractivity contribution in [3.63, 3.8) is 0 Å². The van der Waals surface area contributed by atoms with E-state index in [9.17, 15) is 4.79 Å². The molecule has 0 unspecified atom stereocenters. The van der Waals surface area contributed by atoms with E-state index >= 15 is 0 Å². The Morgan fingerprint density at radius 3 is 2.86 bits per heavy atom. The summed E-state index contributed by atoms with van der Waals surface area (Å²) in [5.41, 5.74) is 0.794. The largest absolute Gasteiger partial charge is 0.298 e. The summed E-state index contributed by atoms with van der Waals surface area (Å²) in [5, 5.41) is 5.24. The molecule has 0 atom stereocenters. The van der Waals surface area contributed by atoms with Crippen LogP contribution >= 0.6 is 11.3 Å². The molecular weight excluding hydrogens is 284 g/mol. The summed E-state index contributed by atoms with van der Waals surface area (Å²) in [4.78, 5) is 19.8. The molecule has 0 saturated heterocycles. The van der Waals surface area contributed by atoms with Crippen molar-refractivity contribution in [2.45, 2.75) is 58.0 Å². The Bertz CT molecular complexity index is 672. The maximum absolute atomic E-state index is 12.1. The molecule has 0 radical (unpaired) electrons. The van der Waals surface area contributed by atoms with Gasteiger partial charge in [-0.25, -0.2) is 4.98 Å². The number of nitrogens with zero attached hydrogens (tertiary/aromatic N) is 4. The average Bonchev–Trinajstić information content (AvgIpc) is 2.92. The summed E-state index contributed by atoms with van der Waals surface area (Å²) in [6.07, 6.45) is 7.36. The lowest BCUT2D eigenvalue weighted by atomic mass is 9.94. The van der Waals surface area contributed by atoms with Gasteiger partial charge in [0, 0.05) is 18.7 Å². The quantitative estimate of drug-likeness (QED) is 0.871. The van der Waals surface area contributed by atoms with Crippen LogP contribution < -0.4 is 5.56 Å². The standard InChI is InChI=1S/C15H22N4OS/c1-3-13-17-19-14(20)9-11(16-15(19)21-13)10-18(2)12-7-5-4-6-8-12/h9,12H,3-8,10H2,1-2H3. The molecule has 0 bridgehead atoms. The van der Waals surface area contributed by atoms with Crippen LogP contribution in [0.3, 0.4) is 0 Å². The molecule has 3 rings (SSSR count). The van der Waals surface area contributed by atoms with Crippen molar-refractivity contribution in [2.75, 3.05) is 7.05 Å². The van der Waals surface area contributed by atoms with E-state index in [4.69, 9.17) is 0 Å². The number of hydrogen-bond donors (Lipinski definition) is 0. The molecule has 2 heterocycles. The van der Waals surface area contributed by atoms with Crippen LogP contribution in [0.1, 0.15) is 49.7 Å². The minimum absolute atomic E-state index is 0.0667. The highest BCUT2D eigenvalue weighted by atomic mass is 32.1. The third kappa shape index (κ3) is 3.16. The van der Waals surface area contributed by atoms with Gasteiger partial charge in [-0.2, -0.15) is 9.61 Å². The van der Waals surface area contributed by atoms with E-state index in [2.05, 4.69) is 22.0 Å². The molecule has 0 amide bonds. The smallest absolute Gasteiger partial charge is 0.275 e. The number of hydrogen-bond acceptors (Lipinski definition) is 5. The molecule has 6 heteroatoms. The average molecular weight is 306 g/mol. The highest BCUT2D eigenvalue weighted by Crippen LogP contribution is 2.22. The summed E-state index contributed by atoms with van der Waals surface area (Å²) >= 11 is 1.51. The van der Waals surface area contributed by atoms with E-state index in [0.717, 1.165) is 23.7 Å². The van der Waals surface area contributed by atoms with Crippen LogP contribution in [-0.2, 0) is 13.0 Å². The van der Waals surface area contributed by atoms with Crippen molar-refractivity contribution in [3.05, 3.63) is 27.1 Å². The molecule has 0 N–H and O–H groups in total. The minimum atomic E-state index is -0.0667. The molecule has 21 heavy (non-hydrogen) atoms. The second-order valence-corrected chi connectivity index (χ2v) is 6.88. The topological polar surface area (TPSA) is 50.5 Å². The highest BCUT2D eigenvalue weighted by molar-refractivity contribution is 7.16. The van der Waals surface area contributed by atoms with Crippen molar-refractivity contribution in [2.24, 2.45) is 0 Å². The zero-order valence-electron chi connectivity index (χ0n) is 12.7.